The summed E-state index contributed by atoms with van der Waals surface area (Å²) in [6, 6.07) is 8.06. The molecular formula is C18H17FN2O2S. The van der Waals surface area contributed by atoms with Crippen molar-refractivity contribution in [3.8, 4) is 0 Å². The van der Waals surface area contributed by atoms with E-state index in [-0.39, 0.29) is 36.1 Å². The highest BCUT2D eigenvalue weighted by Gasteiger charge is 2.48. The van der Waals surface area contributed by atoms with Crippen LogP contribution in [-0.4, -0.2) is 35.3 Å². The molecule has 2 aliphatic heterocycles. The van der Waals surface area contributed by atoms with Crippen molar-refractivity contribution < 1.29 is 14.0 Å². The fourth-order valence-electron chi connectivity index (χ4n) is 3.81. The van der Waals surface area contributed by atoms with Crippen molar-refractivity contribution >= 4 is 28.8 Å². The third-order valence-electron chi connectivity index (χ3n) is 4.84. The third-order valence-corrected chi connectivity index (χ3v) is 5.51. The van der Waals surface area contributed by atoms with Crippen LogP contribution in [0.25, 0.3) is 0 Å². The van der Waals surface area contributed by atoms with Crippen LogP contribution in [0.15, 0.2) is 41.1 Å². The molecule has 2 aromatic rings. The van der Waals surface area contributed by atoms with Crippen LogP contribution in [0.5, 0.6) is 0 Å². The Morgan fingerprint density at radius 3 is 2.92 bits per heavy atom. The maximum atomic E-state index is 13.3. The van der Waals surface area contributed by atoms with Crippen molar-refractivity contribution in [2.45, 2.75) is 31.3 Å². The highest BCUT2D eigenvalue weighted by Crippen LogP contribution is 2.37. The van der Waals surface area contributed by atoms with E-state index in [2.05, 4.69) is 0 Å². The number of hydrogen-bond donors (Lipinski definition) is 0. The SMILES string of the molecule is O=C(Cc1cccc(F)c1)N1CC[C@H]2[C@H]1CC(=O)N2c1ccsc1. The Balaban J connectivity index is 1.50. The van der Waals surface area contributed by atoms with Gasteiger partial charge in [-0.2, -0.15) is 11.3 Å². The highest BCUT2D eigenvalue weighted by molar-refractivity contribution is 7.08. The lowest BCUT2D eigenvalue weighted by Crippen LogP contribution is -2.40. The van der Waals surface area contributed by atoms with Gasteiger partial charge < -0.3 is 9.80 Å². The summed E-state index contributed by atoms with van der Waals surface area (Å²) in [7, 11) is 0. The summed E-state index contributed by atoms with van der Waals surface area (Å²) >= 11 is 1.56. The van der Waals surface area contributed by atoms with Crippen molar-refractivity contribution in [2.75, 3.05) is 11.4 Å². The quantitative estimate of drug-likeness (QED) is 0.859. The summed E-state index contributed by atoms with van der Waals surface area (Å²) < 4.78 is 13.3. The van der Waals surface area contributed by atoms with Gasteiger partial charge in [0.05, 0.1) is 24.2 Å². The first-order chi connectivity index (χ1) is 11.6. The molecule has 0 spiro atoms. The molecule has 1 aromatic carbocycles. The zero-order chi connectivity index (χ0) is 16.7. The summed E-state index contributed by atoms with van der Waals surface area (Å²) in [5.41, 5.74) is 1.60. The van der Waals surface area contributed by atoms with Gasteiger partial charge in [-0.3, -0.25) is 9.59 Å². The zero-order valence-corrected chi connectivity index (χ0v) is 13.8. The van der Waals surface area contributed by atoms with Gasteiger partial charge in [0, 0.05) is 18.3 Å². The minimum absolute atomic E-state index is 0.0342. The number of amides is 2. The van der Waals surface area contributed by atoms with Gasteiger partial charge >= 0.3 is 0 Å². The Kier molecular flexibility index (Phi) is 3.84. The van der Waals surface area contributed by atoms with E-state index in [4.69, 9.17) is 0 Å². The number of carbonyl (C=O) groups excluding carboxylic acids is 2. The van der Waals surface area contributed by atoms with Crippen molar-refractivity contribution in [2.24, 2.45) is 0 Å². The molecule has 0 saturated carbocycles. The zero-order valence-electron chi connectivity index (χ0n) is 13.0. The van der Waals surface area contributed by atoms with E-state index in [1.165, 1.54) is 12.1 Å². The molecule has 0 N–H and O–H groups in total. The smallest absolute Gasteiger partial charge is 0.229 e. The van der Waals surface area contributed by atoms with Crippen molar-refractivity contribution in [3.63, 3.8) is 0 Å². The summed E-state index contributed by atoms with van der Waals surface area (Å²) in [6.07, 6.45) is 1.34. The molecule has 6 heteroatoms. The maximum Gasteiger partial charge on any atom is 0.229 e. The Morgan fingerprint density at radius 1 is 1.29 bits per heavy atom. The number of anilines is 1. The van der Waals surface area contributed by atoms with E-state index < -0.39 is 0 Å². The molecule has 124 valence electrons. The Labute approximate surface area is 143 Å². The molecule has 0 unspecified atom stereocenters. The monoisotopic (exact) mass is 344 g/mol. The number of benzene rings is 1. The average molecular weight is 344 g/mol. The number of carbonyl (C=O) groups is 2. The first-order valence-electron chi connectivity index (χ1n) is 8.01. The fourth-order valence-corrected chi connectivity index (χ4v) is 4.44. The largest absolute Gasteiger partial charge is 0.337 e. The van der Waals surface area contributed by atoms with Crippen LogP contribution in [0.3, 0.4) is 0 Å². The van der Waals surface area contributed by atoms with Gasteiger partial charge in [-0.15, -0.1) is 0 Å². The summed E-state index contributed by atoms with van der Waals surface area (Å²) in [6.45, 7) is 0.650. The molecule has 2 atom stereocenters. The van der Waals surface area contributed by atoms with E-state index >= 15 is 0 Å². The number of nitrogens with zero attached hydrogens (tertiary/aromatic N) is 2. The van der Waals surface area contributed by atoms with E-state index in [1.54, 1.807) is 28.4 Å². The van der Waals surface area contributed by atoms with Crippen molar-refractivity contribution in [1.29, 1.82) is 0 Å². The number of hydrogen-bond acceptors (Lipinski definition) is 3. The van der Waals surface area contributed by atoms with Gasteiger partial charge in [-0.05, 0) is 35.6 Å². The van der Waals surface area contributed by atoms with Crippen molar-refractivity contribution in [1.82, 2.24) is 4.90 Å². The highest BCUT2D eigenvalue weighted by atomic mass is 32.1. The van der Waals surface area contributed by atoms with Crippen LogP contribution in [0.1, 0.15) is 18.4 Å². The van der Waals surface area contributed by atoms with Crippen molar-refractivity contribution in [3.05, 3.63) is 52.5 Å². The van der Waals surface area contributed by atoms with Crippen LogP contribution in [0.4, 0.5) is 10.1 Å². The second-order valence-corrected chi connectivity index (χ2v) is 7.05. The Hall–Kier alpha value is -2.21. The summed E-state index contributed by atoms with van der Waals surface area (Å²) in [4.78, 5) is 28.7. The number of thiophene rings is 1. The van der Waals surface area contributed by atoms with E-state index in [0.717, 1.165) is 12.1 Å². The molecule has 2 saturated heterocycles. The molecule has 0 radical (unpaired) electrons. The second-order valence-electron chi connectivity index (χ2n) is 6.27. The fraction of sp³-hybridized carbons (Fsp3) is 0.333. The van der Waals surface area contributed by atoms with E-state index in [0.29, 0.717) is 18.5 Å². The molecular weight excluding hydrogens is 327 g/mol. The standard InChI is InChI=1S/C18H17FN2O2S/c19-13-3-1-2-12(8-13)9-17(22)20-6-4-15-16(20)10-18(23)21(15)14-5-7-24-11-14/h1-3,5,7-8,11,15-16H,4,6,9-10H2/t15-,16+/m0/s1. The molecule has 3 heterocycles. The Morgan fingerprint density at radius 2 is 2.17 bits per heavy atom. The molecule has 2 aliphatic rings. The summed E-state index contributed by atoms with van der Waals surface area (Å²) in [5.74, 6) is -0.293. The third kappa shape index (κ3) is 2.60. The molecule has 4 nitrogen and oxygen atoms in total. The lowest BCUT2D eigenvalue weighted by molar-refractivity contribution is -0.131. The van der Waals surface area contributed by atoms with Gasteiger partial charge in [0.15, 0.2) is 0 Å². The number of fused-ring (bicyclic) bond motifs is 1. The lowest BCUT2D eigenvalue weighted by atomic mass is 10.1. The normalized spacial score (nSPS) is 23.0. The van der Waals surface area contributed by atoms with Crippen LogP contribution in [0, 0.1) is 5.82 Å². The van der Waals surface area contributed by atoms with Crippen LogP contribution in [0.2, 0.25) is 0 Å². The number of rotatable bonds is 3. The minimum atomic E-state index is -0.334. The number of halogens is 1. The predicted molar refractivity (Wildman–Crippen MR) is 90.4 cm³/mol. The van der Waals surface area contributed by atoms with Gasteiger partial charge in [0.1, 0.15) is 5.82 Å². The molecule has 24 heavy (non-hydrogen) atoms. The molecule has 2 amide bonds. The van der Waals surface area contributed by atoms with Gasteiger partial charge in [-0.1, -0.05) is 12.1 Å². The molecule has 0 bridgehead atoms. The first-order valence-corrected chi connectivity index (χ1v) is 8.96. The predicted octanol–water partition coefficient (Wildman–Crippen LogP) is 2.84. The minimum Gasteiger partial charge on any atom is -0.337 e. The summed E-state index contributed by atoms with van der Waals surface area (Å²) in [5, 5.41) is 3.93. The number of likely N-dealkylation sites (tertiary alicyclic amines) is 1. The van der Waals surface area contributed by atoms with Crippen LogP contribution in [-0.2, 0) is 16.0 Å². The maximum absolute atomic E-state index is 13.3. The van der Waals surface area contributed by atoms with E-state index in [9.17, 15) is 14.0 Å². The van der Waals surface area contributed by atoms with Gasteiger partial charge in [0.2, 0.25) is 11.8 Å². The van der Waals surface area contributed by atoms with Crippen LogP contribution >= 0.6 is 11.3 Å². The molecule has 4 rings (SSSR count). The van der Waals surface area contributed by atoms with Gasteiger partial charge in [0.25, 0.3) is 0 Å². The lowest BCUT2D eigenvalue weighted by Gasteiger charge is -2.25. The first kappa shape index (κ1) is 15.3. The molecule has 0 aliphatic carbocycles. The van der Waals surface area contributed by atoms with E-state index in [1.807, 2.05) is 21.7 Å². The van der Waals surface area contributed by atoms with Crippen LogP contribution < -0.4 is 4.90 Å². The van der Waals surface area contributed by atoms with Gasteiger partial charge in [-0.25, -0.2) is 4.39 Å². The Bertz CT molecular complexity index is 777. The topological polar surface area (TPSA) is 40.6 Å². The molecule has 2 fully saturated rings. The average Bonchev–Trinajstić information content (AvgIpc) is 3.23. The molecule has 1 aromatic heterocycles. The second kappa shape index (κ2) is 6.02.